The van der Waals surface area contributed by atoms with Gasteiger partial charge in [0.15, 0.2) is 0 Å². The molecule has 0 radical (unpaired) electrons. The molecule has 1 aromatic carbocycles. The van der Waals surface area contributed by atoms with Crippen LogP contribution in [-0.4, -0.2) is 36.5 Å². The number of piperidine rings is 1. The van der Waals surface area contributed by atoms with E-state index in [9.17, 15) is 4.79 Å². The Morgan fingerprint density at radius 3 is 2.58 bits per heavy atom. The van der Waals surface area contributed by atoms with Gasteiger partial charge in [0, 0.05) is 31.4 Å². The lowest BCUT2D eigenvalue weighted by Gasteiger charge is -2.39. The Morgan fingerprint density at radius 2 is 1.83 bits per heavy atom. The third-order valence-electron chi connectivity index (χ3n) is 7.16. The van der Waals surface area contributed by atoms with Crippen molar-refractivity contribution in [2.75, 3.05) is 24.5 Å². The molecule has 128 valence electrons. The van der Waals surface area contributed by atoms with E-state index in [-0.39, 0.29) is 0 Å². The molecule has 2 heterocycles. The second-order valence-corrected chi connectivity index (χ2v) is 8.54. The van der Waals surface area contributed by atoms with Crippen molar-refractivity contribution < 1.29 is 4.79 Å². The number of benzene rings is 1. The van der Waals surface area contributed by atoms with Crippen molar-refractivity contribution >= 4 is 11.6 Å². The van der Waals surface area contributed by atoms with Gasteiger partial charge in [0.2, 0.25) is 5.91 Å². The third-order valence-corrected chi connectivity index (χ3v) is 7.16. The van der Waals surface area contributed by atoms with Crippen LogP contribution in [0.25, 0.3) is 0 Å². The fourth-order valence-electron chi connectivity index (χ4n) is 5.97. The zero-order valence-corrected chi connectivity index (χ0v) is 14.5. The Hall–Kier alpha value is -1.35. The van der Waals surface area contributed by atoms with Gasteiger partial charge in [0.25, 0.3) is 0 Å². The summed E-state index contributed by atoms with van der Waals surface area (Å²) in [6.07, 6.45) is 8.87. The van der Waals surface area contributed by atoms with Crippen molar-refractivity contribution in [3.63, 3.8) is 0 Å². The number of likely N-dealkylation sites (tertiary alicyclic amines) is 1. The Kier molecular flexibility index (Phi) is 3.66. The van der Waals surface area contributed by atoms with Crippen molar-refractivity contribution in [1.29, 1.82) is 0 Å². The standard InChI is InChI=1S/C21H28N2O/c24-21-13-17-3-1-2-4-20(17)23(21)19-7-9-22(10-8-19)14-18-12-15-5-6-16(18)11-15/h1-4,15-16,18-19H,5-14H2/t15-,16?,18-/m0/s1. The molecule has 24 heavy (non-hydrogen) atoms. The lowest BCUT2D eigenvalue weighted by molar-refractivity contribution is -0.118. The number of hydrogen-bond acceptors (Lipinski definition) is 2. The summed E-state index contributed by atoms with van der Waals surface area (Å²) in [6.45, 7) is 3.66. The van der Waals surface area contributed by atoms with Gasteiger partial charge in [-0.05, 0) is 61.5 Å². The van der Waals surface area contributed by atoms with Gasteiger partial charge < -0.3 is 9.80 Å². The SMILES string of the molecule is O=C1Cc2ccccc2N1C1CCN(C[C@@H]2C[C@H]3CCC2C3)CC1. The molecule has 2 aliphatic carbocycles. The lowest BCUT2D eigenvalue weighted by Crippen LogP contribution is -2.47. The van der Waals surface area contributed by atoms with E-state index in [0.717, 1.165) is 30.6 Å². The summed E-state index contributed by atoms with van der Waals surface area (Å²) in [5.41, 5.74) is 2.39. The van der Waals surface area contributed by atoms with Crippen molar-refractivity contribution in [2.24, 2.45) is 17.8 Å². The molecule has 5 rings (SSSR count). The maximum Gasteiger partial charge on any atom is 0.231 e. The Labute approximate surface area is 145 Å². The molecule has 2 bridgehead atoms. The van der Waals surface area contributed by atoms with E-state index < -0.39 is 0 Å². The molecule has 2 aliphatic heterocycles. The van der Waals surface area contributed by atoms with Crippen molar-refractivity contribution in [1.82, 2.24) is 4.90 Å². The van der Waals surface area contributed by atoms with Gasteiger partial charge in [0.1, 0.15) is 0 Å². The molecule has 0 aromatic heterocycles. The summed E-state index contributed by atoms with van der Waals surface area (Å²) < 4.78 is 0. The van der Waals surface area contributed by atoms with E-state index >= 15 is 0 Å². The first-order valence-electron chi connectivity index (χ1n) is 9.90. The summed E-state index contributed by atoms with van der Waals surface area (Å²) in [4.78, 5) is 17.3. The number of rotatable bonds is 3. The third kappa shape index (κ3) is 2.48. The Balaban J connectivity index is 1.21. The quantitative estimate of drug-likeness (QED) is 0.850. The number of amides is 1. The van der Waals surface area contributed by atoms with E-state index in [1.807, 2.05) is 6.07 Å². The van der Waals surface area contributed by atoms with Crippen molar-refractivity contribution in [2.45, 2.75) is 51.0 Å². The number of fused-ring (bicyclic) bond motifs is 3. The first kappa shape index (κ1) is 14.9. The molecule has 3 nitrogen and oxygen atoms in total. The minimum Gasteiger partial charge on any atom is -0.309 e. The monoisotopic (exact) mass is 324 g/mol. The number of nitrogens with zero attached hydrogens (tertiary/aromatic N) is 2. The van der Waals surface area contributed by atoms with Crippen molar-refractivity contribution in [3.05, 3.63) is 29.8 Å². The number of carbonyl (C=O) groups is 1. The van der Waals surface area contributed by atoms with Crippen LogP contribution in [-0.2, 0) is 11.2 Å². The van der Waals surface area contributed by atoms with E-state index in [1.165, 1.54) is 56.6 Å². The fourth-order valence-corrected chi connectivity index (χ4v) is 5.97. The maximum atomic E-state index is 12.5. The van der Waals surface area contributed by atoms with Crippen LogP contribution >= 0.6 is 0 Å². The van der Waals surface area contributed by atoms with E-state index in [2.05, 4.69) is 28.0 Å². The minimum atomic E-state index is 0.308. The number of para-hydroxylation sites is 1. The first-order chi connectivity index (χ1) is 11.8. The molecule has 0 N–H and O–H groups in total. The fraction of sp³-hybridized carbons (Fsp3) is 0.667. The average molecular weight is 324 g/mol. The largest absolute Gasteiger partial charge is 0.309 e. The molecule has 4 aliphatic rings. The van der Waals surface area contributed by atoms with Gasteiger partial charge in [-0.25, -0.2) is 0 Å². The highest BCUT2D eigenvalue weighted by Gasteiger charge is 2.41. The Morgan fingerprint density at radius 1 is 1.00 bits per heavy atom. The van der Waals surface area contributed by atoms with Crippen LogP contribution in [0.15, 0.2) is 24.3 Å². The number of anilines is 1. The molecule has 3 fully saturated rings. The number of carbonyl (C=O) groups excluding carboxylic acids is 1. The predicted octanol–water partition coefficient (Wildman–Crippen LogP) is 3.48. The first-order valence-corrected chi connectivity index (χ1v) is 9.90. The van der Waals surface area contributed by atoms with Gasteiger partial charge in [-0.1, -0.05) is 24.6 Å². The highest BCUT2D eigenvalue weighted by atomic mass is 16.2. The van der Waals surface area contributed by atoms with Crippen LogP contribution in [0.2, 0.25) is 0 Å². The smallest absolute Gasteiger partial charge is 0.231 e. The van der Waals surface area contributed by atoms with Gasteiger partial charge in [-0.3, -0.25) is 4.79 Å². The summed E-state index contributed by atoms with van der Waals surface area (Å²) in [6, 6.07) is 8.76. The van der Waals surface area contributed by atoms with Gasteiger partial charge in [0.05, 0.1) is 6.42 Å². The lowest BCUT2D eigenvalue weighted by atomic mass is 9.88. The minimum absolute atomic E-state index is 0.308. The zero-order chi connectivity index (χ0) is 16.1. The molecule has 1 aromatic rings. The highest BCUT2D eigenvalue weighted by Crippen LogP contribution is 2.48. The second-order valence-electron chi connectivity index (χ2n) is 8.54. The normalized spacial score (nSPS) is 33.4. The molecule has 0 spiro atoms. The van der Waals surface area contributed by atoms with Gasteiger partial charge >= 0.3 is 0 Å². The predicted molar refractivity (Wildman–Crippen MR) is 96.0 cm³/mol. The molecule has 1 unspecified atom stereocenters. The average Bonchev–Trinajstić information content (AvgIpc) is 3.29. The summed E-state index contributed by atoms with van der Waals surface area (Å²) in [7, 11) is 0. The maximum absolute atomic E-state index is 12.5. The van der Waals surface area contributed by atoms with Crippen LogP contribution in [0.1, 0.15) is 44.1 Å². The molecule has 1 amide bonds. The molecule has 1 saturated heterocycles. The van der Waals surface area contributed by atoms with Crippen LogP contribution in [0, 0.1) is 17.8 Å². The van der Waals surface area contributed by atoms with E-state index in [0.29, 0.717) is 18.4 Å². The highest BCUT2D eigenvalue weighted by molar-refractivity contribution is 6.01. The molecule has 3 atom stereocenters. The van der Waals surface area contributed by atoms with Crippen LogP contribution in [0.4, 0.5) is 5.69 Å². The molecular weight excluding hydrogens is 296 g/mol. The number of hydrogen-bond donors (Lipinski definition) is 0. The zero-order valence-electron chi connectivity index (χ0n) is 14.5. The molecular formula is C21H28N2O. The van der Waals surface area contributed by atoms with Crippen molar-refractivity contribution in [3.8, 4) is 0 Å². The molecule has 2 saturated carbocycles. The van der Waals surface area contributed by atoms with Gasteiger partial charge in [-0.15, -0.1) is 0 Å². The van der Waals surface area contributed by atoms with Gasteiger partial charge in [-0.2, -0.15) is 0 Å². The summed E-state index contributed by atoms with van der Waals surface area (Å²) >= 11 is 0. The van der Waals surface area contributed by atoms with Crippen LogP contribution in [0.3, 0.4) is 0 Å². The van der Waals surface area contributed by atoms with E-state index in [4.69, 9.17) is 0 Å². The topological polar surface area (TPSA) is 23.6 Å². The second kappa shape index (κ2) is 5.87. The van der Waals surface area contributed by atoms with Crippen LogP contribution < -0.4 is 4.90 Å². The Bertz CT molecular complexity index is 634. The molecule has 3 heteroatoms. The van der Waals surface area contributed by atoms with E-state index in [1.54, 1.807) is 0 Å². The summed E-state index contributed by atoms with van der Waals surface area (Å²) in [5, 5.41) is 0. The van der Waals surface area contributed by atoms with Crippen LogP contribution in [0.5, 0.6) is 0 Å². The summed E-state index contributed by atoms with van der Waals surface area (Å²) in [5.74, 6) is 3.35.